The van der Waals surface area contributed by atoms with Gasteiger partial charge in [-0.05, 0) is 75.5 Å². The summed E-state index contributed by atoms with van der Waals surface area (Å²) in [6, 6.07) is 0.740. The Bertz CT molecular complexity index is 488. The van der Waals surface area contributed by atoms with Crippen molar-refractivity contribution in [3.63, 3.8) is 0 Å². The Morgan fingerprint density at radius 1 is 1.21 bits per heavy atom. The molecule has 1 amide bonds. The topological polar surface area (TPSA) is 50.4 Å². The van der Waals surface area contributed by atoms with Gasteiger partial charge in [0.25, 0.3) is 0 Å². The third-order valence-corrected chi connectivity index (χ3v) is 6.70. The van der Waals surface area contributed by atoms with E-state index in [0.29, 0.717) is 22.8 Å². The van der Waals surface area contributed by atoms with Gasteiger partial charge in [0.15, 0.2) is 0 Å². The summed E-state index contributed by atoms with van der Waals surface area (Å²) in [7, 11) is 0. The van der Waals surface area contributed by atoms with Crippen LogP contribution < -0.4 is 10.6 Å². The van der Waals surface area contributed by atoms with E-state index in [1.165, 1.54) is 32.1 Å². The molecule has 3 saturated carbocycles. The summed E-state index contributed by atoms with van der Waals surface area (Å²) in [6.45, 7) is 13.9. The second kappa shape index (κ2) is 5.89. The normalized spacial score (nSPS) is 35.8. The van der Waals surface area contributed by atoms with Crippen molar-refractivity contribution in [1.29, 1.82) is 0 Å². The fraction of sp³-hybridized carbons (Fsp3) is 0.950. The average Bonchev–Trinajstić information content (AvgIpc) is 3.14. The lowest BCUT2D eigenvalue weighted by Crippen LogP contribution is -2.55. The summed E-state index contributed by atoms with van der Waals surface area (Å²) in [5, 5.41) is 6.98. The van der Waals surface area contributed by atoms with E-state index in [4.69, 9.17) is 4.74 Å². The molecule has 0 spiro atoms. The molecule has 4 nitrogen and oxygen atoms in total. The molecule has 0 aliphatic heterocycles. The molecule has 0 aromatic heterocycles. The third-order valence-electron chi connectivity index (χ3n) is 6.70. The van der Waals surface area contributed by atoms with Gasteiger partial charge in [-0.1, -0.05) is 20.8 Å². The molecule has 3 aliphatic carbocycles. The maximum absolute atomic E-state index is 12.2. The Labute approximate surface area is 147 Å². The molecule has 138 valence electrons. The monoisotopic (exact) mass is 336 g/mol. The third kappa shape index (κ3) is 3.58. The molecule has 24 heavy (non-hydrogen) atoms. The lowest BCUT2D eigenvalue weighted by molar-refractivity contribution is 0.0488. The van der Waals surface area contributed by atoms with Crippen LogP contribution in [0.5, 0.6) is 0 Å². The van der Waals surface area contributed by atoms with E-state index >= 15 is 0 Å². The molecule has 4 atom stereocenters. The number of nitrogens with one attached hydrogen (secondary N) is 2. The first kappa shape index (κ1) is 18.0. The highest BCUT2D eigenvalue weighted by atomic mass is 16.6. The second-order valence-corrected chi connectivity index (χ2v) is 10.3. The molecule has 2 bridgehead atoms. The molecule has 0 saturated heterocycles. The summed E-state index contributed by atoms with van der Waals surface area (Å²) < 4.78 is 5.45. The number of carbonyl (C=O) groups excluding carboxylic acids is 1. The van der Waals surface area contributed by atoms with E-state index < -0.39 is 5.60 Å². The molecule has 3 aliphatic rings. The van der Waals surface area contributed by atoms with Gasteiger partial charge in [0.2, 0.25) is 0 Å². The maximum Gasteiger partial charge on any atom is 0.407 e. The zero-order chi connectivity index (χ0) is 17.8. The number of hydrogen-bond donors (Lipinski definition) is 2. The highest BCUT2D eigenvalue weighted by Crippen LogP contribution is 2.62. The van der Waals surface area contributed by atoms with Gasteiger partial charge in [-0.3, -0.25) is 0 Å². The standard InChI is InChI=1S/C20H36N2O2/c1-18(2,3)24-17(23)22-15(13-7-8-13)12-21-16-19(4,5)14-9-10-20(16,6)11-14/h13-16,21H,7-12H2,1-6H3,(H,22,23). The lowest BCUT2D eigenvalue weighted by atomic mass is 9.68. The van der Waals surface area contributed by atoms with Gasteiger partial charge in [-0.25, -0.2) is 4.79 Å². The zero-order valence-electron chi connectivity index (χ0n) is 16.4. The van der Waals surface area contributed by atoms with E-state index in [-0.39, 0.29) is 12.1 Å². The van der Waals surface area contributed by atoms with Crippen molar-refractivity contribution in [3.8, 4) is 0 Å². The van der Waals surface area contributed by atoms with Crippen molar-refractivity contribution in [2.24, 2.45) is 22.7 Å². The SMILES string of the molecule is CC(C)(C)OC(=O)NC(CNC1C2(C)CCC(C2)C1(C)C)C1CC1. The van der Waals surface area contributed by atoms with E-state index in [0.717, 1.165) is 12.5 Å². The molecule has 0 aromatic carbocycles. The Kier molecular flexibility index (Phi) is 4.43. The first-order valence-electron chi connectivity index (χ1n) is 9.74. The van der Waals surface area contributed by atoms with E-state index in [1.54, 1.807) is 0 Å². The van der Waals surface area contributed by atoms with Crippen LogP contribution in [0.1, 0.15) is 73.6 Å². The van der Waals surface area contributed by atoms with Crippen molar-refractivity contribution < 1.29 is 9.53 Å². The number of ether oxygens (including phenoxy) is 1. The van der Waals surface area contributed by atoms with Crippen LogP contribution >= 0.6 is 0 Å². The number of amides is 1. The van der Waals surface area contributed by atoms with Crippen LogP contribution in [0.3, 0.4) is 0 Å². The van der Waals surface area contributed by atoms with E-state index in [2.05, 4.69) is 31.4 Å². The van der Waals surface area contributed by atoms with Crippen molar-refractivity contribution in [2.75, 3.05) is 6.54 Å². The minimum absolute atomic E-state index is 0.193. The van der Waals surface area contributed by atoms with Gasteiger partial charge in [0.1, 0.15) is 5.60 Å². The van der Waals surface area contributed by atoms with E-state index in [9.17, 15) is 4.79 Å². The van der Waals surface area contributed by atoms with Crippen LogP contribution in [0, 0.1) is 22.7 Å². The Balaban J connectivity index is 1.58. The first-order chi connectivity index (χ1) is 11.0. The predicted octanol–water partition coefficient (Wildman–Crippen LogP) is 4.09. The summed E-state index contributed by atoms with van der Waals surface area (Å²) in [6.07, 6.45) is 6.23. The first-order valence-corrected chi connectivity index (χ1v) is 9.74. The van der Waals surface area contributed by atoms with Crippen molar-refractivity contribution in [3.05, 3.63) is 0 Å². The highest BCUT2D eigenvalue weighted by Gasteiger charge is 2.59. The Morgan fingerprint density at radius 2 is 1.88 bits per heavy atom. The van der Waals surface area contributed by atoms with Crippen molar-refractivity contribution >= 4 is 6.09 Å². The predicted molar refractivity (Wildman–Crippen MR) is 96.9 cm³/mol. The minimum atomic E-state index is -0.439. The van der Waals surface area contributed by atoms with Crippen molar-refractivity contribution in [1.82, 2.24) is 10.6 Å². The van der Waals surface area contributed by atoms with Gasteiger partial charge in [-0.2, -0.15) is 0 Å². The minimum Gasteiger partial charge on any atom is -0.444 e. The molecule has 4 unspecified atom stereocenters. The van der Waals surface area contributed by atoms with Crippen LogP contribution in [0.2, 0.25) is 0 Å². The summed E-state index contributed by atoms with van der Waals surface area (Å²) in [4.78, 5) is 12.2. The fourth-order valence-corrected chi connectivity index (χ4v) is 5.35. The number of alkyl carbamates (subject to hydrolysis) is 1. The van der Waals surface area contributed by atoms with Crippen LogP contribution in [-0.4, -0.2) is 30.3 Å². The molecule has 0 heterocycles. The van der Waals surface area contributed by atoms with Gasteiger partial charge >= 0.3 is 6.09 Å². The molecule has 0 aromatic rings. The van der Waals surface area contributed by atoms with Crippen molar-refractivity contribution in [2.45, 2.75) is 91.3 Å². The number of hydrogen-bond acceptors (Lipinski definition) is 3. The molecular weight excluding hydrogens is 300 g/mol. The van der Waals surface area contributed by atoms with Crippen LogP contribution in [0.25, 0.3) is 0 Å². The number of carbonyl (C=O) groups is 1. The molecule has 3 rings (SSSR count). The second-order valence-electron chi connectivity index (χ2n) is 10.3. The largest absolute Gasteiger partial charge is 0.444 e. The molecule has 4 heteroatoms. The van der Waals surface area contributed by atoms with Crippen LogP contribution in [0.4, 0.5) is 4.79 Å². The van der Waals surface area contributed by atoms with Gasteiger partial charge in [-0.15, -0.1) is 0 Å². The molecular formula is C20H36N2O2. The van der Waals surface area contributed by atoms with Gasteiger partial charge < -0.3 is 15.4 Å². The molecule has 0 radical (unpaired) electrons. The Hall–Kier alpha value is -0.770. The lowest BCUT2D eigenvalue weighted by Gasteiger charge is -2.44. The fourth-order valence-electron chi connectivity index (χ4n) is 5.35. The molecule has 3 fully saturated rings. The number of fused-ring (bicyclic) bond motifs is 2. The van der Waals surface area contributed by atoms with Gasteiger partial charge in [0, 0.05) is 18.6 Å². The molecule has 2 N–H and O–H groups in total. The summed E-state index contributed by atoms with van der Waals surface area (Å²) >= 11 is 0. The summed E-state index contributed by atoms with van der Waals surface area (Å²) in [5.41, 5.74) is 0.340. The number of rotatable bonds is 5. The van der Waals surface area contributed by atoms with Gasteiger partial charge in [0.05, 0.1) is 0 Å². The maximum atomic E-state index is 12.2. The highest BCUT2D eigenvalue weighted by molar-refractivity contribution is 5.68. The average molecular weight is 337 g/mol. The Morgan fingerprint density at radius 3 is 2.38 bits per heavy atom. The van der Waals surface area contributed by atoms with Crippen LogP contribution in [0.15, 0.2) is 0 Å². The summed E-state index contributed by atoms with van der Waals surface area (Å²) in [5.74, 6) is 1.46. The quantitative estimate of drug-likeness (QED) is 0.795. The zero-order valence-corrected chi connectivity index (χ0v) is 16.4. The van der Waals surface area contributed by atoms with E-state index in [1.807, 2.05) is 20.8 Å². The smallest absolute Gasteiger partial charge is 0.407 e. The van der Waals surface area contributed by atoms with Crippen LogP contribution in [-0.2, 0) is 4.74 Å².